The number of hydrogen-bond donors (Lipinski definition) is 6. The highest BCUT2D eigenvalue weighted by molar-refractivity contribution is 5.76. The van der Waals surface area contributed by atoms with Crippen molar-refractivity contribution >= 4 is 17.9 Å². The SMILES string of the molecule is CCCCOC1[C@H](N=[N+]=[N-])C(OC)OC(CO)[C@@H]1OC(CO)OC(C(=O)OC)[C@H](O[C@@H]1OC(CO)[C@H](OC(CO)OC(C(=O)OC)[C@H](O[C@@H]2OC(CO)[C@H](OC(CO)OC(C(=O)OC)[C@@H](OCCCC)[C@H](C)OCCCC)C(OCCCC)[C@@H]2N=[N+]=[N-])[C@H](C)OCCCC)C(OCCCC)[C@@H]1N=[N+]=[N-])[C@H](C)OCCCC. The third kappa shape index (κ3) is 32.1. The standard InChI is InChI=1S/C71H129N9O31/c1-15-22-29-94-42(8)54(97-32-25-18-4)63(66(87)90-11)107-48(39-84)104-58-46(37-82)102-70(52(76-79-73)61(58)99-34-27-20-6)111-56(44(10)96-31-24-17-3)65(68(89)92-13)109-50(41-86)106-59-47(38-83)103-71(53(77-80-74)62(59)100-35-28-21-7)110-55(43(9)95-30-23-16-2)64(67(88)91-12)108-49(40-85)105-57-45(36-81)101-69(93-14)51(75-78-72)60(57)98-33-26-19-5/h42-65,69-71,81-86H,15-41H2,1-14H3/t42-,43-,44-,45?,46?,47?,48?,49?,50?,51-,52-,53-,54-,55+,56+,57-,58-,59-,60?,61?,62?,63?,64?,65?,69?,70-,71-/m0/s1. The number of aliphatic hydroxyl groups excluding tert-OH is 6. The summed E-state index contributed by atoms with van der Waals surface area (Å²) in [6.07, 6.45) is -28.1. The Bertz CT molecular complexity index is 2650. The quantitative estimate of drug-likeness (QED) is 0.00804. The van der Waals surface area contributed by atoms with Gasteiger partial charge < -0.3 is 135 Å². The smallest absolute Gasteiger partial charge is 0.337 e. The zero-order valence-corrected chi connectivity index (χ0v) is 67.1. The first-order chi connectivity index (χ1) is 53.8. The van der Waals surface area contributed by atoms with Crippen LogP contribution in [-0.2, 0) is 119 Å². The largest absolute Gasteiger partial charge is 0.467 e. The number of carbonyl (C=O) groups excluding carboxylic acids is 3. The van der Waals surface area contributed by atoms with E-state index in [2.05, 4.69) is 30.1 Å². The second kappa shape index (κ2) is 58.2. The van der Waals surface area contributed by atoms with Crippen LogP contribution in [0.4, 0.5) is 0 Å². The molecular weight excluding hydrogens is 1470 g/mol. The molecule has 3 fully saturated rings. The maximum absolute atomic E-state index is 14.6. The third-order valence-corrected chi connectivity index (χ3v) is 18.5. The molecule has 40 nitrogen and oxygen atoms in total. The van der Waals surface area contributed by atoms with Crippen LogP contribution in [0, 0.1) is 0 Å². The molecule has 0 aromatic heterocycles. The first-order valence-corrected chi connectivity index (χ1v) is 38.8. The molecule has 6 N–H and O–H groups in total. The van der Waals surface area contributed by atoms with Crippen molar-refractivity contribution in [2.24, 2.45) is 15.3 Å². The van der Waals surface area contributed by atoms with Gasteiger partial charge >= 0.3 is 17.9 Å². The molecule has 40 heteroatoms. The molecule has 0 bridgehead atoms. The van der Waals surface area contributed by atoms with Crippen molar-refractivity contribution < 1.29 is 149 Å². The van der Waals surface area contributed by atoms with E-state index in [0.717, 1.165) is 34.2 Å². The van der Waals surface area contributed by atoms with Crippen molar-refractivity contribution in [1.29, 1.82) is 0 Å². The molecule has 0 spiro atoms. The summed E-state index contributed by atoms with van der Waals surface area (Å²) in [5, 5.41) is 78.9. The van der Waals surface area contributed by atoms with Gasteiger partial charge in [-0.1, -0.05) is 109 Å². The van der Waals surface area contributed by atoms with Crippen LogP contribution >= 0.6 is 0 Å². The van der Waals surface area contributed by atoms with Gasteiger partial charge in [0.1, 0.15) is 73.1 Å². The molecule has 3 aliphatic rings. The summed E-state index contributed by atoms with van der Waals surface area (Å²) >= 11 is 0. The first kappa shape index (κ1) is 101. The molecule has 0 amide bonds. The van der Waals surface area contributed by atoms with Gasteiger partial charge in [0.25, 0.3) is 0 Å². The molecule has 27 atom stereocenters. The Kier molecular flexibility index (Phi) is 52.7. The summed E-state index contributed by atoms with van der Waals surface area (Å²) in [6, 6.07) is -4.48. The van der Waals surface area contributed by atoms with Gasteiger partial charge in [-0.05, 0) is 82.3 Å². The molecule has 3 rings (SSSR count). The van der Waals surface area contributed by atoms with Gasteiger partial charge in [0.2, 0.25) is 0 Å². The lowest BCUT2D eigenvalue weighted by Gasteiger charge is -2.47. The second-order valence-electron chi connectivity index (χ2n) is 26.6. The van der Waals surface area contributed by atoms with Gasteiger partial charge in [-0.3, -0.25) is 0 Å². The van der Waals surface area contributed by atoms with Crippen molar-refractivity contribution in [1.82, 2.24) is 0 Å². The average Bonchev–Trinajstić information content (AvgIpc) is 0.792. The summed E-state index contributed by atoms with van der Waals surface area (Å²) in [4.78, 5) is 51.8. The Morgan fingerprint density at radius 3 is 0.892 bits per heavy atom. The number of methoxy groups -OCH3 is 4. The van der Waals surface area contributed by atoms with Gasteiger partial charge in [-0.15, -0.1) is 0 Å². The number of ether oxygens (including phenoxy) is 22. The molecule has 111 heavy (non-hydrogen) atoms. The second-order valence-corrected chi connectivity index (χ2v) is 26.6. The van der Waals surface area contributed by atoms with E-state index in [9.17, 15) is 61.6 Å². The van der Waals surface area contributed by atoms with E-state index < -0.39 is 223 Å². The van der Waals surface area contributed by atoms with Gasteiger partial charge in [0, 0.05) is 68.1 Å². The molecule has 0 radical (unpaired) electrons. The highest BCUT2D eigenvalue weighted by Crippen LogP contribution is 2.37. The monoisotopic (exact) mass is 1600 g/mol. The molecule has 0 saturated carbocycles. The Labute approximate surface area is 650 Å². The maximum Gasteiger partial charge on any atom is 0.337 e. The van der Waals surface area contributed by atoms with Gasteiger partial charge in [-0.25, -0.2) is 14.4 Å². The van der Waals surface area contributed by atoms with Crippen LogP contribution in [0.3, 0.4) is 0 Å². The van der Waals surface area contributed by atoms with E-state index in [0.29, 0.717) is 83.7 Å². The normalized spacial score (nSPS) is 27.4. The van der Waals surface area contributed by atoms with Crippen LogP contribution in [0.2, 0.25) is 0 Å². The Balaban J connectivity index is 2.25. The summed E-state index contributed by atoms with van der Waals surface area (Å²) in [7, 11) is 4.53. The maximum atomic E-state index is 14.6. The van der Waals surface area contributed by atoms with E-state index in [1.54, 1.807) is 6.92 Å². The molecule has 0 aliphatic carbocycles. The number of azide groups is 3. The fraction of sp³-hybridized carbons (Fsp3) is 0.958. The van der Waals surface area contributed by atoms with Crippen LogP contribution in [-0.4, -0.2) is 329 Å². The molecule has 644 valence electrons. The Morgan fingerprint density at radius 2 is 0.631 bits per heavy atom. The summed E-state index contributed by atoms with van der Waals surface area (Å²) in [5.74, 6) is -3.17. The Hall–Kier alpha value is -4.66. The van der Waals surface area contributed by atoms with Crippen LogP contribution in [0.1, 0.15) is 159 Å². The molecule has 0 aromatic carbocycles. The average molecular weight is 1600 g/mol. The van der Waals surface area contributed by atoms with Crippen LogP contribution in [0.5, 0.6) is 0 Å². The summed E-state index contributed by atoms with van der Waals surface area (Å²) < 4.78 is 136. The van der Waals surface area contributed by atoms with E-state index in [1.165, 1.54) is 21.0 Å². The van der Waals surface area contributed by atoms with Crippen LogP contribution in [0.25, 0.3) is 31.3 Å². The number of aliphatic hydroxyl groups is 6. The minimum atomic E-state index is -2.02. The van der Waals surface area contributed by atoms with Crippen LogP contribution in [0.15, 0.2) is 15.3 Å². The highest BCUT2D eigenvalue weighted by Gasteiger charge is 2.56. The highest BCUT2D eigenvalue weighted by atomic mass is 16.8. The number of carbonyl (C=O) groups is 3. The molecule has 3 aliphatic heterocycles. The lowest BCUT2D eigenvalue weighted by molar-refractivity contribution is -0.345. The number of rotatable bonds is 63. The lowest BCUT2D eigenvalue weighted by atomic mass is 9.96. The Morgan fingerprint density at radius 1 is 0.369 bits per heavy atom. The van der Waals surface area contributed by atoms with Gasteiger partial charge in [-0.2, -0.15) is 0 Å². The molecule has 3 heterocycles. The summed E-state index contributed by atoms with van der Waals surface area (Å²) in [5.41, 5.74) is 30.4. The molecule has 3 saturated heterocycles. The fourth-order valence-electron chi connectivity index (χ4n) is 12.3. The molecule has 0 aromatic rings. The van der Waals surface area contributed by atoms with Gasteiger partial charge in [0.05, 0.1) is 97.6 Å². The third-order valence-electron chi connectivity index (χ3n) is 18.5. The van der Waals surface area contributed by atoms with Crippen molar-refractivity contribution in [3.05, 3.63) is 31.3 Å². The number of nitrogens with zero attached hydrogens (tertiary/aromatic N) is 9. The summed E-state index contributed by atoms with van der Waals surface area (Å²) in [6.45, 7) is 13.5. The van der Waals surface area contributed by atoms with E-state index in [4.69, 9.17) is 104 Å². The van der Waals surface area contributed by atoms with E-state index >= 15 is 0 Å². The topological polar surface area (TPSA) is 522 Å². The lowest BCUT2D eigenvalue weighted by Crippen LogP contribution is -2.64. The minimum absolute atomic E-state index is 0.00541. The van der Waals surface area contributed by atoms with E-state index in [-0.39, 0.29) is 39.6 Å². The van der Waals surface area contributed by atoms with Gasteiger partial charge in [0.15, 0.2) is 56.1 Å². The van der Waals surface area contributed by atoms with Crippen molar-refractivity contribution in [2.45, 2.75) is 325 Å². The zero-order chi connectivity index (χ0) is 82.2. The zero-order valence-electron chi connectivity index (χ0n) is 67.1. The van der Waals surface area contributed by atoms with Crippen molar-refractivity contribution in [2.75, 3.05) is 114 Å². The molecule has 13 unspecified atom stereocenters. The minimum Gasteiger partial charge on any atom is -0.467 e. The predicted molar refractivity (Wildman–Crippen MR) is 390 cm³/mol. The van der Waals surface area contributed by atoms with Crippen molar-refractivity contribution in [3.63, 3.8) is 0 Å². The molecular formula is C71H129N9O31. The van der Waals surface area contributed by atoms with Crippen molar-refractivity contribution in [3.8, 4) is 0 Å². The van der Waals surface area contributed by atoms with Crippen LogP contribution < -0.4 is 0 Å². The number of unbranched alkanes of at least 4 members (excludes halogenated alkanes) is 7. The first-order valence-electron chi connectivity index (χ1n) is 38.8. The number of esters is 3. The predicted octanol–water partition coefficient (Wildman–Crippen LogP) is 5.73. The van der Waals surface area contributed by atoms with E-state index in [1.807, 2.05) is 48.5 Å². The fourth-order valence-corrected chi connectivity index (χ4v) is 12.3. The number of hydrogen-bond acceptors (Lipinski definition) is 34.